The highest BCUT2D eigenvalue weighted by atomic mass is 35.5. The van der Waals surface area contributed by atoms with Crippen LogP contribution in [0.1, 0.15) is 42.3 Å². The number of aromatic nitrogens is 3. The van der Waals surface area contributed by atoms with Gasteiger partial charge in [0.2, 0.25) is 4.96 Å². The van der Waals surface area contributed by atoms with Crippen molar-refractivity contribution in [2.45, 2.75) is 19.8 Å². The Morgan fingerprint density at radius 1 is 1.00 bits per heavy atom. The van der Waals surface area contributed by atoms with E-state index in [0.29, 0.717) is 26.3 Å². The van der Waals surface area contributed by atoms with Gasteiger partial charge in [-0.2, -0.15) is 9.50 Å². The van der Waals surface area contributed by atoms with Crippen molar-refractivity contribution in [3.05, 3.63) is 91.0 Å². The molecule has 0 saturated carbocycles. The van der Waals surface area contributed by atoms with Crippen molar-refractivity contribution in [3.63, 3.8) is 0 Å². The van der Waals surface area contributed by atoms with E-state index in [4.69, 9.17) is 11.6 Å². The Kier molecular flexibility index (Phi) is 5.11. The number of hydrogen-bond acceptors (Lipinski definition) is 4. The Labute approximate surface area is 171 Å². The predicted octanol–water partition coefficient (Wildman–Crippen LogP) is 4.65. The summed E-state index contributed by atoms with van der Waals surface area (Å²) in [4.78, 5) is 17.7. The minimum Gasteiger partial charge on any atom is -0.266 e. The molecule has 0 aliphatic heterocycles. The van der Waals surface area contributed by atoms with Crippen molar-refractivity contribution in [3.8, 4) is 0 Å². The van der Waals surface area contributed by atoms with Crippen molar-refractivity contribution in [2.75, 3.05) is 0 Å². The lowest BCUT2D eigenvalue weighted by molar-refractivity contribution is 0.866. The lowest BCUT2D eigenvalue weighted by Crippen LogP contribution is -2.23. The maximum atomic E-state index is 12.6. The maximum absolute atomic E-state index is 12.6. The van der Waals surface area contributed by atoms with E-state index in [1.54, 1.807) is 6.08 Å². The summed E-state index contributed by atoms with van der Waals surface area (Å²) in [7, 11) is 0. The highest BCUT2D eigenvalue weighted by molar-refractivity contribution is 7.15. The van der Waals surface area contributed by atoms with Gasteiger partial charge in [-0.25, -0.2) is 0 Å². The number of hydrogen-bond donors (Lipinski definition) is 0. The summed E-state index contributed by atoms with van der Waals surface area (Å²) in [5, 5.41) is 5.01. The monoisotopic (exact) mass is 407 g/mol. The van der Waals surface area contributed by atoms with Gasteiger partial charge in [-0.1, -0.05) is 79.3 Å². The van der Waals surface area contributed by atoms with Gasteiger partial charge >= 0.3 is 0 Å². The Morgan fingerprint density at radius 2 is 1.68 bits per heavy atom. The smallest absolute Gasteiger partial charge is 0.266 e. The molecule has 2 heterocycles. The molecule has 6 heteroatoms. The zero-order valence-corrected chi connectivity index (χ0v) is 17.0. The zero-order chi connectivity index (χ0) is 19.7. The number of thiazole rings is 1. The molecule has 2 aromatic heterocycles. The second kappa shape index (κ2) is 7.70. The molecule has 0 aliphatic carbocycles. The van der Waals surface area contributed by atoms with Gasteiger partial charge in [0.25, 0.3) is 5.56 Å². The summed E-state index contributed by atoms with van der Waals surface area (Å²) in [6.07, 6.45) is 5.57. The molecule has 140 valence electrons. The first-order valence-electron chi connectivity index (χ1n) is 8.94. The molecule has 2 aromatic carbocycles. The Balaban J connectivity index is 1.62. The second-order valence-electron chi connectivity index (χ2n) is 6.79. The van der Waals surface area contributed by atoms with Crippen LogP contribution < -0.4 is 10.1 Å². The van der Waals surface area contributed by atoms with E-state index in [1.807, 2.05) is 48.6 Å². The molecule has 0 unspecified atom stereocenters. The van der Waals surface area contributed by atoms with Crippen molar-refractivity contribution in [1.29, 1.82) is 0 Å². The van der Waals surface area contributed by atoms with Gasteiger partial charge in [0.05, 0.1) is 4.53 Å². The fourth-order valence-electron chi connectivity index (χ4n) is 2.79. The Morgan fingerprint density at radius 3 is 2.32 bits per heavy atom. The average molecular weight is 408 g/mol. The molecule has 0 amide bonds. The van der Waals surface area contributed by atoms with Crippen LogP contribution in [0.5, 0.6) is 0 Å². The highest BCUT2D eigenvalue weighted by Gasteiger charge is 2.09. The summed E-state index contributed by atoms with van der Waals surface area (Å²) < 4.78 is 1.99. The largest absolute Gasteiger partial charge is 0.291 e. The molecule has 0 fully saturated rings. The average Bonchev–Trinajstić information content (AvgIpc) is 3.21. The van der Waals surface area contributed by atoms with Crippen LogP contribution in [0.2, 0.25) is 5.02 Å². The lowest BCUT2D eigenvalue weighted by Gasteiger charge is -2.04. The van der Waals surface area contributed by atoms with Crippen LogP contribution in [0.3, 0.4) is 0 Å². The van der Waals surface area contributed by atoms with Gasteiger partial charge in [0.15, 0.2) is 5.82 Å². The normalized spacial score (nSPS) is 12.6. The van der Waals surface area contributed by atoms with Crippen LogP contribution in [-0.2, 0) is 0 Å². The van der Waals surface area contributed by atoms with E-state index >= 15 is 0 Å². The molecule has 0 aliphatic rings. The molecule has 0 saturated heterocycles. The van der Waals surface area contributed by atoms with Gasteiger partial charge < -0.3 is 0 Å². The van der Waals surface area contributed by atoms with Crippen LogP contribution in [0, 0.1) is 0 Å². The van der Waals surface area contributed by atoms with Crippen LogP contribution in [0.4, 0.5) is 0 Å². The third-order valence-corrected chi connectivity index (χ3v) is 5.61. The second-order valence-corrected chi connectivity index (χ2v) is 8.23. The maximum Gasteiger partial charge on any atom is 0.291 e. The molecule has 4 aromatic rings. The van der Waals surface area contributed by atoms with Gasteiger partial charge in [-0.3, -0.25) is 4.79 Å². The number of rotatable bonds is 4. The summed E-state index contributed by atoms with van der Waals surface area (Å²) in [6.45, 7) is 4.32. The molecular formula is C22H18ClN3OS. The lowest BCUT2D eigenvalue weighted by atomic mass is 10.0. The SMILES string of the molecule is CC(C)c1ccc(C=c2sc3nc(C=Cc4ccc(Cl)cc4)nn3c2=O)cc1. The quantitative estimate of drug-likeness (QED) is 0.495. The topological polar surface area (TPSA) is 47.3 Å². The fraction of sp³-hybridized carbons (Fsp3) is 0.136. The van der Waals surface area contributed by atoms with Crippen LogP contribution in [-0.4, -0.2) is 14.6 Å². The molecular weight excluding hydrogens is 390 g/mol. The summed E-state index contributed by atoms with van der Waals surface area (Å²) in [5.74, 6) is 0.990. The molecule has 0 atom stereocenters. The highest BCUT2D eigenvalue weighted by Crippen LogP contribution is 2.15. The molecule has 0 spiro atoms. The molecule has 4 nitrogen and oxygen atoms in total. The van der Waals surface area contributed by atoms with Gasteiger partial charge in [-0.15, -0.1) is 5.10 Å². The van der Waals surface area contributed by atoms with E-state index < -0.39 is 0 Å². The molecule has 28 heavy (non-hydrogen) atoms. The van der Waals surface area contributed by atoms with Gasteiger partial charge in [-0.05, 0) is 46.9 Å². The third kappa shape index (κ3) is 3.91. The first kappa shape index (κ1) is 18.6. The number of nitrogens with zero attached hydrogens (tertiary/aromatic N) is 3. The molecule has 0 bridgehead atoms. The first-order chi connectivity index (χ1) is 13.5. The van der Waals surface area contributed by atoms with E-state index in [-0.39, 0.29) is 5.56 Å². The van der Waals surface area contributed by atoms with Crippen LogP contribution in [0.25, 0.3) is 23.2 Å². The van der Waals surface area contributed by atoms with E-state index in [0.717, 1.165) is 11.1 Å². The van der Waals surface area contributed by atoms with Crippen molar-refractivity contribution in [2.24, 2.45) is 0 Å². The molecule has 4 rings (SSSR count). The zero-order valence-electron chi connectivity index (χ0n) is 15.5. The summed E-state index contributed by atoms with van der Waals surface area (Å²) in [5.41, 5.74) is 3.11. The predicted molar refractivity (Wildman–Crippen MR) is 117 cm³/mol. The number of halogens is 1. The van der Waals surface area contributed by atoms with E-state index in [1.165, 1.54) is 21.4 Å². The van der Waals surface area contributed by atoms with Crippen molar-refractivity contribution in [1.82, 2.24) is 14.6 Å². The van der Waals surface area contributed by atoms with Crippen molar-refractivity contribution >= 4 is 46.1 Å². The standard InChI is InChI=1S/C22H18ClN3OS/c1-14(2)17-8-3-16(4-9-17)13-19-21(27)26-22(28-19)24-20(25-26)12-7-15-5-10-18(23)11-6-15/h3-14H,1-2H3. The Bertz CT molecular complexity index is 1250. The fourth-order valence-corrected chi connectivity index (χ4v) is 3.83. The van der Waals surface area contributed by atoms with Gasteiger partial charge in [0, 0.05) is 5.02 Å². The summed E-state index contributed by atoms with van der Waals surface area (Å²) in [6, 6.07) is 15.7. The minimum atomic E-state index is -0.147. The minimum absolute atomic E-state index is 0.147. The van der Waals surface area contributed by atoms with Crippen LogP contribution in [0.15, 0.2) is 53.3 Å². The van der Waals surface area contributed by atoms with Gasteiger partial charge in [0.1, 0.15) is 0 Å². The summed E-state index contributed by atoms with van der Waals surface area (Å²) >= 11 is 7.23. The molecule has 0 N–H and O–H groups in total. The number of fused-ring (bicyclic) bond motifs is 1. The Hall–Kier alpha value is -2.76. The molecule has 0 radical (unpaired) electrons. The van der Waals surface area contributed by atoms with Crippen LogP contribution >= 0.6 is 22.9 Å². The number of benzene rings is 2. The first-order valence-corrected chi connectivity index (χ1v) is 10.1. The van der Waals surface area contributed by atoms with E-state index in [2.05, 4.69) is 36.1 Å². The van der Waals surface area contributed by atoms with E-state index in [9.17, 15) is 4.79 Å². The third-order valence-electron chi connectivity index (χ3n) is 4.39. The van der Waals surface area contributed by atoms with Crippen molar-refractivity contribution < 1.29 is 0 Å².